The van der Waals surface area contributed by atoms with Crippen molar-refractivity contribution >= 4 is 23.3 Å². The Kier molecular flexibility index (Phi) is 3.93. The van der Waals surface area contributed by atoms with Crippen molar-refractivity contribution in [3.05, 3.63) is 41.2 Å². The molecule has 0 spiro atoms. The second kappa shape index (κ2) is 5.43. The monoisotopic (exact) mass is 251 g/mol. The molecule has 0 amide bonds. The normalized spacial score (nSPS) is 10.6. The Morgan fingerprint density at radius 3 is 2.50 bits per heavy atom. The zero-order chi connectivity index (χ0) is 11.4. The molecule has 3 nitrogen and oxygen atoms in total. The smallest absolute Gasteiger partial charge is 0.170 e. The van der Waals surface area contributed by atoms with Crippen LogP contribution in [0.4, 0.5) is 0 Å². The van der Waals surface area contributed by atoms with E-state index in [1.165, 1.54) is 22.7 Å². The number of thioether (sulfide) groups is 1. The molecule has 5 heteroatoms. The molecule has 2 rings (SSSR count). The molecule has 0 saturated heterocycles. The van der Waals surface area contributed by atoms with Gasteiger partial charge in [0.2, 0.25) is 0 Å². The molecule has 0 unspecified atom stereocenters. The van der Waals surface area contributed by atoms with Crippen LogP contribution < -0.4 is 5.73 Å². The van der Waals surface area contributed by atoms with Gasteiger partial charge in [-0.1, -0.05) is 36.0 Å². The van der Waals surface area contributed by atoms with Crippen molar-refractivity contribution in [3.8, 4) is 0 Å². The van der Waals surface area contributed by atoms with Crippen molar-refractivity contribution in [3.63, 3.8) is 0 Å². The average molecular weight is 251 g/mol. The Balaban J connectivity index is 1.94. The standard InChI is InChI=1S/C11H13N3S2/c1-8-13-11(16-14-8)15-7-10-4-2-9(6-12)3-5-10/h2-5H,6-7,12H2,1H3. The summed E-state index contributed by atoms with van der Waals surface area (Å²) in [6.45, 7) is 2.51. The van der Waals surface area contributed by atoms with E-state index in [0.29, 0.717) is 6.54 Å². The number of hydrogen-bond acceptors (Lipinski definition) is 5. The first-order valence-corrected chi connectivity index (χ1v) is 6.75. The van der Waals surface area contributed by atoms with Gasteiger partial charge in [-0.15, -0.1) is 0 Å². The maximum Gasteiger partial charge on any atom is 0.170 e. The summed E-state index contributed by atoms with van der Waals surface area (Å²) in [4.78, 5) is 4.31. The predicted octanol–water partition coefficient (Wildman–Crippen LogP) is 2.60. The molecule has 1 aromatic carbocycles. The van der Waals surface area contributed by atoms with Crippen molar-refractivity contribution in [2.24, 2.45) is 5.73 Å². The summed E-state index contributed by atoms with van der Waals surface area (Å²) < 4.78 is 5.18. The van der Waals surface area contributed by atoms with E-state index in [2.05, 4.69) is 33.6 Å². The summed E-state index contributed by atoms with van der Waals surface area (Å²) in [5.74, 6) is 1.78. The third-order valence-corrected chi connectivity index (χ3v) is 4.13. The molecule has 0 aliphatic carbocycles. The minimum Gasteiger partial charge on any atom is -0.326 e. The van der Waals surface area contributed by atoms with Crippen LogP contribution in [0.2, 0.25) is 0 Å². The summed E-state index contributed by atoms with van der Waals surface area (Å²) in [5, 5.41) is 0. The van der Waals surface area contributed by atoms with E-state index in [-0.39, 0.29) is 0 Å². The quantitative estimate of drug-likeness (QED) is 0.849. The highest BCUT2D eigenvalue weighted by atomic mass is 32.2. The highest BCUT2D eigenvalue weighted by Crippen LogP contribution is 2.24. The fourth-order valence-electron chi connectivity index (χ4n) is 1.25. The second-order valence-corrected chi connectivity index (χ2v) is 5.39. The van der Waals surface area contributed by atoms with E-state index in [1.807, 2.05) is 6.92 Å². The number of benzene rings is 1. The molecule has 0 radical (unpaired) electrons. The van der Waals surface area contributed by atoms with Gasteiger partial charge in [0.1, 0.15) is 5.82 Å². The lowest BCUT2D eigenvalue weighted by Gasteiger charge is -2.00. The summed E-state index contributed by atoms with van der Waals surface area (Å²) in [5.41, 5.74) is 8.00. The van der Waals surface area contributed by atoms with Gasteiger partial charge in [0.05, 0.1) is 0 Å². The van der Waals surface area contributed by atoms with Gasteiger partial charge in [-0.05, 0) is 29.6 Å². The van der Waals surface area contributed by atoms with Crippen LogP contribution in [0.15, 0.2) is 28.6 Å². The molecule has 1 aromatic heterocycles. The van der Waals surface area contributed by atoms with E-state index in [9.17, 15) is 0 Å². The number of aromatic nitrogens is 2. The van der Waals surface area contributed by atoms with Crippen molar-refractivity contribution in [1.82, 2.24) is 9.36 Å². The van der Waals surface area contributed by atoms with E-state index < -0.39 is 0 Å². The van der Waals surface area contributed by atoms with Crippen molar-refractivity contribution in [1.29, 1.82) is 0 Å². The summed E-state index contributed by atoms with van der Waals surface area (Å²) in [6.07, 6.45) is 0. The van der Waals surface area contributed by atoms with Crippen LogP contribution in [0.5, 0.6) is 0 Å². The molecule has 0 fully saturated rings. The zero-order valence-corrected chi connectivity index (χ0v) is 10.6. The van der Waals surface area contributed by atoms with Crippen LogP contribution in [-0.4, -0.2) is 9.36 Å². The molecule has 0 aliphatic heterocycles. The lowest BCUT2D eigenvalue weighted by Crippen LogP contribution is -1.95. The van der Waals surface area contributed by atoms with Gasteiger partial charge in [0.25, 0.3) is 0 Å². The van der Waals surface area contributed by atoms with Crippen LogP contribution in [0.1, 0.15) is 17.0 Å². The Morgan fingerprint density at radius 1 is 1.25 bits per heavy atom. The molecule has 0 bridgehead atoms. The van der Waals surface area contributed by atoms with Crippen LogP contribution in [0.3, 0.4) is 0 Å². The average Bonchev–Trinajstić information content (AvgIpc) is 2.73. The van der Waals surface area contributed by atoms with Gasteiger partial charge in [-0.25, -0.2) is 4.98 Å². The zero-order valence-electron chi connectivity index (χ0n) is 9.01. The largest absolute Gasteiger partial charge is 0.326 e. The third kappa shape index (κ3) is 3.04. The molecule has 1 heterocycles. The molecule has 84 valence electrons. The van der Waals surface area contributed by atoms with E-state index in [4.69, 9.17) is 5.73 Å². The molecular weight excluding hydrogens is 238 g/mol. The highest BCUT2D eigenvalue weighted by molar-refractivity contribution is 8.00. The van der Waals surface area contributed by atoms with Gasteiger partial charge >= 0.3 is 0 Å². The minimum atomic E-state index is 0.600. The van der Waals surface area contributed by atoms with Crippen LogP contribution in [0.25, 0.3) is 0 Å². The summed E-state index contributed by atoms with van der Waals surface area (Å²) >= 11 is 3.18. The van der Waals surface area contributed by atoms with Crippen molar-refractivity contribution in [2.75, 3.05) is 0 Å². The first-order chi connectivity index (χ1) is 7.78. The number of rotatable bonds is 4. The lowest BCUT2D eigenvalue weighted by atomic mass is 10.1. The Labute approximate surface area is 103 Å². The Hall–Kier alpha value is -0.910. The first-order valence-electron chi connectivity index (χ1n) is 4.99. The third-order valence-electron chi connectivity index (χ3n) is 2.13. The van der Waals surface area contributed by atoms with Crippen LogP contribution >= 0.6 is 23.3 Å². The molecule has 2 N–H and O–H groups in total. The molecule has 0 saturated carbocycles. The van der Waals surface area contributed by atoms with E-state index >= 15 is 0 Å². The molecular formula is C11H13N3S2. The fourth-order valence-corrected chi connectivity index (χ4v) is 2.86. The van der Waals surface area contributed by atoms with Gasteiger partial charge in [0, 0.05) is 12.3 Å². The maximum absolute atomic E-state index is 5.55. The van der Waals surface area contributed by atoms with Gasteiger partial charge < -0.3 is 5.73 Å². The number of nitrogens with two attached hydrogens (primary N) is 1. The van der Waals surface area contributed by atoms with Crippen LogP contribution in [0, 0.1) is 6.92 Å². The van der Waals surface area contributed by atoms with Crippen molar-refractivity contribution in [2.45, 2.75) is 23.6 Å². The molecule has 2 aromatic rings. The molecule has 0 atom stereocenters. The van der Waals surface area contributed by atoms with Crippen LogP contribution in [-0.2, 0) is 12.3 Å². The SMILES string of the molecule is Cc1nsc(SCc2ccc(CN)cc2)n1. The number of aryl methyl sites for hydroxylation is 1. The molecule has 16 heavy (non-hydrogen) atoms. The second-order valence-electron chi connectivity index (χ2n) is 3.42. The topological polar surface area (TPSA) is 51.8 Å². The Morgan fingerprint density at radius 2 is 1.94 bits per heavy atom. The first kappa shape index (κ1) is 11.6. The minimum absolute atomic E-state index is 0.600. The van der Waals surface area contributed by atoms with E-state index in [0.717, 1.165) is 15.9 Å². The Bertz CT molecular complexity index is 451. The predicted molar refractivity (Wildman–Crippen MR) is 68.5 cm³/mol. The maximum atomic E-state index is 5.55. The van der Waals surface area contributed by atoms with Gasteiger partial charge in [0.15, 0.2) is 4.34 Å². The number of nitrogens with zero attached hydrogens (tertiary/aromatic N) is 2. The summed E-state index contributed by atoms with van der Waals surface area (Å²) in [6, 6.07) is 8.37. The summed E-state index contributed by atoms with van der Waals surface area (Å²) in [7, 11) is 0. The fraction of sp³-hybridized carbons (Fsp3) is 0.273. The lowest BCUT2D eigenvalue weighted by molar-refractivity contribution is 1.07. The number of hydrogen-bond donors (Lipinski definition) is 1. The van der Waals surface area contributed by atoms with E-state index in [1.54, 1.807) is 11.8 Å². The highest BCUT2D eigenvalue weighted by Gasteiger charge is 2.01. The molecule has 0 aliphatic rings. The van der Waals surface area contributed by atoms with Gasteiger partial charge in [-0.3, -0.25) is 0 Å². The van der Waals surface area contributed by atoms with Gasteiger partial charge in [-0.2, -0.15) is 4.37 Å². The van der Waals surface area contributed by atoms with Crippen molar-refractivity contribution < 1.29 is 0 Å².